The van der Waals surface area contributed by atoms with Crippen LogP contribution in [0.2, 0.25) is 0 Å². The molecule has 0 saturated carbocycles. The summed E-state index contributed by atoms with van der Waals surface area (Å²) in [5, 5.41) is 0. The second kappa shape index (κ2) is 7.37. The van der Waals surface area contributed by atoms with Gasteiger partial charge in [0.25, 0.3) is 0 Å². The first-order valence-electron chi connectivity index (χ1n) is 5.20. The van der Waals surface area contributed by atoms with Crippen LogP contribution < -0.4 is 0 Å². The Balaban J connectivity index is 3.72. The van der Waals surface area contributed by atoms with Crippen LogP contribution in [0, 0.1) is 0 Å². The summed E-state index contributed by atoms with van der Waals surface area (Å²) >= 11 is 0. The van der Waals surface area contributed by atoms with Crippen LogP contribution in [0.25, 0.3) is 0 Å². The van der Waals surface area contributed by atoms with Gasteiger partial charge in [0, 0.05) is 6.42 Å². The van der Waals surface area contributed by atoms with Gasteiger partial charge in [-0.2, -0.15) is 8.78 Å². The molecule has 0 radical (unpaired) electrons. The lowest BCUT2D eigenvalue weighted by molar-refractivity contribution is -0.172. The summed E-state index contributed by atoms with van der Waals surface area (Å²) in [5.74, 6) is -4.74. The molecule has 0 aliphatic heterocycles. The molecule has 0 spiro atoms. The fourth-order valence-corrected chi connectivity index (χ4v) is 1.15. The summed E-state index contributed by atoms with van der Waals surface area (Å²) in [6.45, 7) is 5.04. The normalized spacial score (nSPS) is 11.1. The highest BCUT2D eigenvalue weighted by molar-refractivity contribution is 5.77. The van der Waals surface area contributed by atoms with Gasteiger partial charge in [-0.15, -0.1) is 6.58 Å². The molecule has 0 unspecified atom stereocenters. The average Bonchev–Trinajstić information content (AvgIpc) is 2.18. The first-order valence-corrected chi connectivity index (χ1v) is 5.20. The molecular formula is C11H18F2O2. The van der Waals surface area contributed by atoms with Gasteiger partial charge in [0.1, 0.15) is 0 Å². The zero-order chi connectivity index (χ0) is 11.7. The Morgan fingerprint density at radius 3 is 2.60 bits per heavy atom. The lowest BCUT2D eigenvalue weighted by Gasteiger charge is -2.13. The largest absolute Gasteiger partial charge is 0.462 e. The molecule has 0 aliphatic rings. The molecule has 0 saturated heterocycles. The predicted molar refractivity (Wildman–Crippen MR) is 54.9 cm³/mol. The van der Waals surface area contributed by atoms with Crippen molar-refractivity contribution < 1.29 is 18.3 Å². The third-order valence-corrected chi connectivity index (χ3v) is 1.97. The predicted octanol–water partition coefficient (Wildman–Crippen LogP) is 3.32. The van der Waals surface area contributed by atoms with Crippen LogP contribution >= 0.6 is 0 Å². The third-order valence-electron chi connectivity index (χ3n) is 1.97. The summed E-state index contributed by atoms with van der Waals surface area (Å²) in [6, 6.07) is 0. The Morgan fingerprint density at radius 1 is 1.40 bits per heavy atom. The number of carbonyl (C=O) groups excluding carboxylic acids is 1. The number of allylic oxidation sites excluding steroid dienone is 1. The number of alkyl halides is 2. The molecule has 0 fully saturated rings. The van der Waals surface area contributed by atoms with Crippen LogP contribution in [0.4, 0.5) is 8.78 Å². The number of esters is 1. The van der Waals surface area contributed by atoms with Crippen molar-refractivity contribution in [3.63, 3.8) is 0 Å². The van der Waals surface area contributed by atoms with E-state index in [1.807, 2.05) is 0 Å². The Hall–Kier alpha value is -0.930. The molecule has 0 heterocycles. The summed E-state index contributed by atoms with van der Waals surface area (Å²) < 4.78 is 30.3. The number of hydrogen-bond donors (Lipinski definition) is 0. The van der Waals surface area contributed by atoms with E-state index in [2.05, 4.69) is 11.3 Å². The number of hydrogen-bond acceptors (Lipinski definition) is 2. The van der Waals surface area contributed by atoms with Crippen molar-refractivity contribution in [3.05, 3.63) is 12.7 Å². The molecule has 0 aliphatic carbocycles. The van der Waals surface area contributed by atoms with Crippen molar-refractivity contribution in [1.29, 1.82) is 0 Å². The van der Waals surface area contributed by atoms with Crippen molar-refractivity contribution in [2.45, 2.75) is 45.0 Å². The van der Waals surface area contributed by atoms with Gasteiger partial charge >= 0.3 is 11.9 Å². The maximum atomic E-state index is 13.0. The minimum Gasteiger partial charge on any atom is -0.462 e. The fraction of sp³-hybridized carbons (Fsp3) is 0.727. The molecule has 0 bridgehead atoms. The second-order valence-electron chi connectivity index (χ2n) is 3.31. The molecule has 15 heavy (non-hydrogen) atoms. The van der Waals surface area contributed by atoms with Gasteiger partial charge in [0.05, 0.1) is 6.61 Å². The first kappa shape index (κ1) is 14.1. The molecule has 0 N–H and O–H groups in total. The molecule has 0 aromatic rings. The molecule has 4 heteroatoms. The lowest BCUT2D eigenvalue weighted by atomic mass is 10.1. The number of unbranched alkanes of at least 4 members (excludes halogenated alkanes) is 3. The summed E-state index contributed by atoms with van der Waals surface area (Å²) in [5.41, 5.74) is 0. The van der Waals surface area contributed by atoms with Crippen molar-refractivity contribution >= 4 is 5.97 Å². The topological polar surface area (TPSA) is 26.3 Å². The van der Waals surface area contributed by atoms with Crippen molar-refractivity contribution in [2.24, 2.45) is 0 Å². The molecule has 0 rings (SSSR count). The van der Waals surface area contributed by atoms with Crippen molar-refractivity contribution in [2.75, 3.05) is 6.61 Å². The van der Waals surface area contributed by atoms with Crippen LogP contribution in [0.15, 0.2) is 12.7 Å². The second-order valence-corrected chi connectivity index (χ2v) is 3.31. The summed E-state index contributed by atoms with van der Waals surface area (Å²) in [6.07, 6.45) is 4.00. The van der Waals surface area contributed by atoms with Gasteiger partial charge in [-0.05, 0) is 26.2 Å². The van der Waals surface area contributed by atoms with Crippen LogP contribution in [-0.2, 0) is 9.53 Å². The Kier molecular flexibility index (Phi) is 6.92. The molecule has 0 aromatic carbocycles. The van der Waals surface area contributed by atoms with Gasteiger partial charge in [0.2, 0.25) is 0 Å². The lowest BCUT2D eigenvalue weighted by Crippen LogP contribution is -2.30. The standard InChI is InChI=1S/C11H18F2O2/c1-3-5-6-7-8-9-11(12,13)10(14)15-4-2/h3H,1,4-9H2,2H3. The van der Waals surface area contributed by atoms with Gasteiger partial charge in [-0.25, -0.2) is 4.79 Å². The third kappa shape index (κ3) is 6.20. The highest BCUT2D eigenvalue weighted by Crippen LogP contribution is 2.23. The van der Waals surface area contributed by atoms with E-state index in [4.69, 9.17) is 0 Å². The molecular weight excluding hydrogens is 202 g/mol. The van der Waals surface area contributed by atoms with E-state index in [-0.39, 0.29) is 6.61 Å². The van der Waals surface area contributed by atoms with E-state index < -0.39 is 18.3 Å². The Morgan fingerprint density at radius 2 is 2.07 bits per heavy atom. The number of halogens is 2. The van der Waals surface area contributed by atoms with E-state index in [9.17, 15) is 13.6 Å². The van der Waals surface area contributed by atoms with Crippen LogP contribution in [-0.4, -0.2) is 18.5 Å². The fourth-order valence-electron chi connectivity index (χ4n) is 1.15. The van der Waals surface area contributed by atoms with Crippen molar-refractivity contribution in [3.8, 4) is 0 Å². The first-order chi connectivity index (χ1) is 7.04. The van der Waals surface area contributed by atoms with Gasteiger partial charge in [0.15, 0.2) is 0 Å². The minimum atomic E-state index is -3.33. The number of rotatable bonds is 8. The smallest absolute Gasteiger partial charge is 0.376 e. The average molecular weight is 220 g/mol. The Bertz CT molecular complexity index is 203. The van der Waals surface area contributed by atoms with Crippen LogP contribution in [0.3, 0.4) is 0 Å². The maximum absolute atomic E-state index is 13.0. The Labute approximate surface area is 89.3 Å². The highest BCUT2D eigenvalue weighted by atomic mass is 19.3. The molecule has 88 valence electrons. The maximum Gasteiger partial charge on any atom is 0.376 e. The van der Waals surface area contributed by atoms with Gasteiger partial charge in [-0.1, -0.05) is 12.5 Å². The van der Waals surface area contributed by atoms with Gasteiger partial charge < -0.3 is 4.74 Å². The monoisotopic (exact) mass is 220 g/mol. The molecule has 2 nitrogen and oxygen atoms in total. The van der Waals surface area contributed by atoms with Crippen LogP contribution in [0.5, 0.6) is 0 Å². The quantitative estimate of drug-likeness (QED) is 0.356. The van der Waals surface area contributed by atoms with E-state index in [1.54, 1.807) is 6.08 Å². The minimum absolute atomic E-state index is 0.00904. The summed E-state index contributed by atoms with van der Waals surface area (Å²) in [7, 11) is 0. The SMILES string of the molecule is C=CCCCCCC(F)(F)C(=O)OCC. The molecule has 0 aromatic heterocycles. The van der Waals surface area contributed by atoms with E-state index in [0.717, 1.165) is 12.8 Å². The van der Waals surface area contributed by atoms with Gasteiger partial charge in [-0.3, -0.25) is 0 Å². The van der Waals surface area contributed by atoms with E-state index in [0.29, 0.717) is 12.8 Å². The highest BCUT2D eigenvalue weighted by Gasteiger charge is 2.39. The van der Waals surface area contributed by atoms with E-state index in [1.165, 1.54) is 6.92 Å². The van der Waals surface area contributed by atoms with E-state index >= 15 is 0 Å². The molecule has 0 atom stereocenters. The number of ether oxygens (including phenoxy) is 1. The van der Waals surface area contributed by atoms with Crippen molar-refractivity contribution in [1.82, 2.24) is 0 Å². The zero-order valence-electron chi connectivity index (χ0n) is 9.10. The summed E-state index contributed by atoms with van der Waals surface area (Å²) in [4.78, 5) is 10.8. The number of carbonyl (C=O) groups is 1. The van der Waals surface area contributed by atoms with Crippen LogP contribution in [0.1, 0.15) is 39.0 Å². The molecule has 0 amide bonds. The zero-order valence-corrected chi connectivity index (χ0v) is 9.10.